The Morgan fingerprint density at radius 2 is 1.74 bits per heavy atom. The fraction of sp³-hybridized carbons (Fsp3) is 0.346. The van der Waals surface area contributed by atoms with Gasteiger partial charge in [-0.25, -0.2) is 4.98 Å². The Hall–Kier alpha value is -3.46. The average molecular weight is 493 g/mol. The van der Waals surface area contributed by atoms with Gasteiger partial charge in [0.1, 0.15) is 6.61 Å². The Bertz CT molecular complexity index is 1240. The number of piperazine rings is 1. The Labute approximate surface area is 208 Å². The van der Waals surface area contributed by atoms with E-state index in [9.17, 15) is 9.59 Å². The second-order valence-electron chi connectivity index (χ2n) is 8.66. The zero-order valence-electron chi connectivity index (χ0n) is 19.8. The molecular weight excluding hydrogens is 464 g/mol. The first-order valence-corrected chi connectivity index (χ1v) is 12.7. The van der Waals surface area contributed by atoms with Crippen LogP contribution in [0.3, 0.4) is 0 Å². The first-order valence-electron chi connectivity index (χ1n) is 11.7. The van der Waals surface area contributed by atoms with E-state index in [1.54, 1.807) is 17.2 Å². The smallest absolute Gasteiger partial charge is 0.267 e. The van der Waals surface area contributed by atoms with E-state index in [2.05, 4.69) is 31.0 Å². The average Bonchev–Trinajstić information content (AvgIpc) is 3.36. The largest absolute Gasteiger partial charge is 0.485 e. The van der Waals surface area contributed by atoms with E-state index in [0.29, 0.717) is 43.4 Å². The van der Waals surface area contributed by atoms with Gasteiger partial charge in [-0.05, 0) is 43.2 Å². The molecular formula is C26H28N4O4S. The lowest BCUT2D eigenvalue weighted by Crippen LogP contribution is -2.55. The third kappa shape index (κ3) is 4.86. The van der Waals surface area contributed by atoms with Gasteiger partial charge in [0, 0.05) is 38.6 Å². The first-order chi connectivity index (χ1) is 17.0. The maximum atomic E-state index is 12.9. The molecule has 0 radical (unpaired) electrons. The maximum Gasteiger partial charge on any atom is 0.267 e. The summed E-state index contributed by atoms with van der Waals surface area (Å²) in [5.41, 5.74) is 3.47. The number of nitrogens with zero attached hydrogens (tertiary/aromatic N) is 4. The van der Waals surface area contributed by atoms with Crippen LogP contribution in [0.25, 0.3) is 5.69 Å². The number of ether oxygens (including phenoxy) is 2. The van der Waals surface area contributed by atoms with Crippen molar-refractivity contribution in [2.45, 2.75) is 25.1 Å². The number of fused-ring (bicyclic) bond motifs is 1. The number of amides is 2. The van der Waals surface area contributed by atoms with Gasteiger partial charge < -0.3 is 19.3 Å². The Morgan fingerprint density at radius 3 is 2.54 bits per heavy atom. The summed E-state index contributed by atoms with van der Waals surface area (Å²) in [4.78, 5) is 33.9. The number of imidazole rings is 1. The zero-order chi connectivity index (χ0) is 24.4. The predicted octanol–water partition coefficient (Wildman–Crippen LogP) is 3.09. The van der Waals surface area contributed by atoms with Crippen molar-refractivity contribution in [3.05, 3.63) is 66.0 Å². The van der Waals surface area contributed by atoms with Crippen molar-refractivity contribution < 1.29 is 19.1 Å². The second-order valence-corrected chi connectivity index (χ2v) is 9.60. The summed E-state index contributed by atoms with van der Waals surface area (Å²) < 4.78 is 13.6. The van der Waals surface area contributed by atoms with E-state index in [4.69, 9.17) is 9.47 Å². The molecule has 5 rings (SSSR count). The van der Waals surface area contributed by atoms with Gasteiger partial charge in [0.05, 0.1) is 11.4 Å². The summed E-state index contributed by atoms with van der Waals surface area (Å²) in [6.07, 6.45) is 3.02. The van der Waals surface area contributed by atoms with Gasteiger partial charge in [0.25, 0.3) is 5.91 Å². The van der Waals surface area contributed by atoms with Gasteiger partial charge in [-0.3, -0.25) is 14.2 Å². The highest BCUT2D eigenvalue weighted by Gasteiger charge is 2.33. The fourth-order valence-electron chi connectivity index (χ4n) is 4.32. The van der Waals surface area contributed by atoms with Crippen LogP contribution in [0.1, 0.15) is 11.1 Å². The molecule has 1 aromatic heterocycles. The van der Waals surface area contributed by atoms with Gasteiger partial charge in [0.2, 0.25) is 12.0 Å². The number of aromatic nitrogens is 2. The molecule has 1 saturated heterocycles. The van der Waals surface area contributed by atoms with E-state index >= 15 is 0 Å². The summed E-state index contributed by atoms with van der Waals surface area (Å²) in [6.45, 7) is 6.33. The number of para-hydroxylation sites is 2. The molecule has 0 N–H and O–H groups in total. The molecule has 9 heteroatoms. The number of benzene rings is 2. The van der Waals surface area contributed by atoms with Gasteiger partial charge in [-0.15, -0.1) is 0 Å². The van der Waals surface area contributed by atoms with Gasteiger partial charge >= 0.3 is 0 Å². The molecule has 182 valence electrons. The molecule has 0 aliphatic carbocycles. The summed E-state index contributed by atoms with van der Waals surface area (Å²) in [5, 5.41) is 0.788. The van der Waals surface area contributed by atoms with Crippen molar-refractivity contribution >= 4 is 23.6 Å². The van der Waals surface area contributed by atoms with E-state index in [1.807, 2.05) is 39.9 Å². The lowest BCUT2D eigenvalue weighted by atomic mass is 10.1. The van der Waals surface area contributed by atoms with Crippen molar-refractivity contribution in [1.29, 1.82) is 0 Å². The van der Waals surface area contributed by atoms with Crippen LogP contribution in [0.15, 0.2) is 60.0 Å². The number of hydrogen-bond donors (Lipinski definition) is 0. The van der Waals surface area contributed by atoms with Crippen molar-refractivity contribution in [1.82, 2.24) is 19.4 Å². The van der Waals surface area contributed by atoms with Crippen LogP contribution in [-0.4, -0.2) is 75.8 Å². The second kappa shape index (κ2) is 10.0. The molecule has 1 atom stereocenters. The van der Waals surface area contributed by atoms with Crippen LogP contribution < -0.4 is 9.47 Å². The third-order valence-corrected chi connectivity index (χ3v) is 7.45. The van der Waals surface area contributed by atoms with Crippen molar-refractivity contribution in [3.8, 4) is 17.2 Å². The van der Waals surface area contributed by atoms with Gasteiger partial charge in [-0.2, -0.15) is 0 Å². The highest BCUT2D eigenvalue weighted by molar-refractivity contribution is 7.99. The van der Waals surface area contributed by atoms with Crippen LogP contribution in [0, 0.1) is 13.8 Å². The molecule has 2 amide bonds. The number of carbonyl (C=O) groups is 2. The highest BCUT2D eigenvalue weighted by Crippen LogP contribution is 2.31. The first kappa shape index (κ1) is 23.3. The molecule has 0 bridgehead atoms. The van der Waals surface area contributed by atoms with Crippen LogP contribution in [0.4, 0.5) is 0 Å². The molecule has 1 fully saturated rings. The minimum absolute atomic E-state index is 0.0452. The minimum Gasteiger partial charge on any atom is -0.485 e. The Balaban J connectivity index is 1.14. The molecule has 0 spiro atoms. The lowest BCUT2D eigenvalue weighted by molar-refractivity contribution is -0.145. The van der Waals surface area contributed by atoms with Gasteiger partial charge in [-0.1, -0.05) is 36.0 Å². The number of hydrogen-bond acceptors (Lipinski definition) is 6. The van der Waals surface area contributed by atoms with Crippen LogP contribution in [-0.2, 0) is 9.59 Å². The maximum absolute atomic E-state index is 12.9. The minimum atomic E-state index is -0.661. The van der Waals surface area contributed by atoms with E-state index in [0.717, 1.165) is 10.8 Å². The van der Waals surface area contributed by atoms with Crippen LogP contribution in [0.5, 0.6) is 11.5 Å². The predicted molar refractivity (Wildman–Crippen MR) is 133 cm³/mol. The quantitative estimate of drug-likeness (QED) is 0.510. The SMILES string of the molecule is Cc1cccc(-n2ccnc2SCC(=O)N2CCN(C(=O)C3COc4ccccc4O3)CC2)c1C. The molecule has 8 nitrogen and oxygen atoms in total. The monoisotopic (exact) mass is 492 g/mol. The van der Waals surface area contributed by atoms with Crippen LogP contribution >= 0.6 is 11.8 Å². The number of rotatable bonds is 5. The summed E-state index contributed by atoms with van der Waals surface area (Å²) in [5.74, 6) is 1.48. The van der Waals surface area contributed by atoms with Crippen molar-refractivity contribution in [2.24, 2.45) is 0 Å². The molecule has 2 aliphatic heterocycles. The highest BCUT2D eigenvalue weighted by atomic mass is 32.2. The molecule has 3 aromatic rings. The lowest BCUT2D eigenvalue weighted by Gasteiger charge is -2.37. The normalized spacial score (nSPS) is 17.4. The Morgan fingerprint density at radius 1 is 1.00 bits per heavy atom. The number of thioether (sulfide) groups is 1. The third-order valence-electron chi connectivity index (χ3n) is 6.50. The standard InChI is InChI=1S/C26H28N4O4S/c1-18-6-5-7-20(19(18)2)30-11-10-27-26(30)35-17-24(31)28-12-14-29(15-13-28)25(32)23-16-33-21-8-3-4-9-22(21)34-23/h3-11,23H,12-17H2,1-2H3. The van der Waals surface area contributed by atoms with Crippen molar-refractivity contribution in [3.63, 3.8) is 0 Å². The number of aryl methyl sites for hydroxylation is 1. The molecule has 35 heavy (non-hydrogen) atoms. The summed E-state index contributed by atoms with van der Waals surface area (Å²) in [7, 11) is 0. The van der Waals surface area contributed by atoms with E-state index in [-0.39, 0.29) is 18.4 Å². The molecule has 1 unspecified atom stereocenters. The molecule has 3 heterocycles. The van der Waals surface area contributed by atoms with E-state index in [1.165, 1.54) is 22.9 Å². The van der Waals surface area contributed by atoms with Crippen LogP contribution in [0.2, 0.25) is 0 Å². The number of carbonyl (C=O) groups excluding carboxylic acids is 2. The van der Waals surface area contributed by atoms with Crippen molar-refractivity contribution in [2.75, 3.05) is 38.5 Å². The van der Waals surface area contributed by atoms with Gasteiger partial charge in [0.15, 0.2) is 16.7 Å². The fourth-order valence-corrected chi connectivity index (χ4v) is 5.18. The Kier molecular flexibility index (Phi) is 6.68. The topological polar surface area (TPSA) is 76.9 Å². The molecule has 2 aromatic carbocycles. The molecule has 2 aliphatic rings. The zero-order valence-corrected chi connectivity index (χ0v) is 20.7. The molecule has 0 saturated carbocycles. The van der Waals surface area contributed by atoms with E-state index < -0.39 is 6.10 Å². The summed E-state index contributed by atoms with van der Waals surface area (Å²) in [6, 6.07) is 13.5. The summed E-state index contributed by atoms with van der Waals surface area (Å²) >= 11 is 1.43.